The van der Waals surface area contributed by atoms with E-state index in [1.54, 1.807) is 0 Å². The highest BCUT2D eigenvalue weighted by molar-refractivity contribution is 5.78. The molecule has 0 saturated carbocycles. The van der Waals surface area contributed by atoms with Gasteiger partial charge in [0.05, 0.1) is 0 Å². The molecule has 3 heteroatoms. The molecule has 2 atom stereocenters. The molecule has 0 aliphatic carbocycles. The van der Waals surface area contributed by atoms with Crippen LogP contribution in [0.4, 0.5) is 0 Å². The molecule has 0 aliphatic rings. The lowest BCUT2D eigenvalue weighted by Gasteiger charge is -2.24. The van der Waals surface area contributed by atoms with E-state index in [0.29, 0.717) is 5.92 Å². The molecule has 0 aromatic rings. The first kappa shape index (κ1) is 14.4. The predicted octanol–water partition coefficient (Wildman–Crippen LogP) is 1.74. The average molecular weight is 214 g/mol. The van der Waals surface area contributed by atoms with Gasteiger partial charge in [-0.2, -0.15) is 0 Å². The van der Waals surface area contributed by atoms with Crippen molar-refractivity contribution in [2.45, 2.75) is 34.1 Å². The van der Waals surface area contributed by atoms with Gasteiger partial charge in [-0.3, -0.25) is 4.79 Å². The Hall–Kier alpha value is -0.570. The fourth-order valence-corrected chi connectivity index (χ4v) is 1.51. The highest BCUT2D eigenvalue weighted by atomic mass is 16.2. The van der Waals surface area contributed by atoms with Crippen molar-refractivity contribution in [2.24, 2.45) is 11.8 Å². The first-order valence-electron chi connectivity index (χ1n) is 5.98. The Balaban J connectivity index is 3.95. The maximum atomic E-state index is 11.9. The van der Waals surface area contributed by atoms with Gasteiger partial charge in [-0.15, -0.1) is 0 Å². The van der Waals surface area contributed by atoms with Crippen LogP contribution in [-0.2, 0) is 4.79 Å². The minimum atomic E-state index is 0.0824. The van der Waals surface area contributed by atoms with Crippen molar-refractivity contribution < 1.29 is 4.79 Å². The Morgan fingerprint density at radius 2 is 1.93 bits per heavy atom. The first-order valence-corrected chi connectivity index (χ1v) is 5.98. The maximum Gasteiger partial charge on any atom is 0.226 e. The zero-order valence-electron chi connectivity index (χ0n) is 10.8. The van der Waals surface area contributed by atoms with Gasteiger partial charge < -0.3 is 10.2 Å². The Morgan fingerprint density at radius 3 is 2.40 bits per heavy atom. The largest absolute Gasteiger partial charge is 0.345 e. The molecule has 1 N–H and O–H groups in total. The van der Waals surface area contributed by atoms with E-state index < -0.39 is 0 Å². The number of amides is 1. The van der Waals surface area contributed by atoms with Gasteiger partial charge in [-0.1, -0.05) is 34.1 Å². The fourth-order valence-electron chi connectivity index (χ4n) is 1.51. The van der Waals surface area contributed by atoms with E-state index in [9.17, 15) is 4.79 Å². The monoisotopic (exact) mass is 214 g/mol. The van der Waals surface area contributed by atoms with Crippen LogP contribution in [0, 0.1) is 11.8 Å². The lowest BCUT2D eigenvalue weighted by atomic mass is 10.1. The standard InChI is InChI=1S/C12H26N2O/c1-6-10(3)9-14(5)12(15)11(4)8-13-7-2/h10-11,13H,6-9H2,1-5H3. The van der Waals surface area contributed by atoms with Crippen molar-refractivity contribution in [3.63, 3.8) is 0 Å². The summed E-state index contributed by atoms with van der Waals surface area (Å²) in [6.07, 6.45) is 1.12. The Bertz CT molecular complexity index is 182. The summed E-state index contributed by atoms with van der Waals surface area (Å²) in [6.45, 7) is 10.9. The summed E-state index contributed by atoms with van der Waals surface area (Å²) in [5, 5.41) is 3.20. The number of carbonyl (C=O) groups is 1. The van der Waals surface area contributed by atoms with Crippen molar-refractivity contribution in [3.8, 4) is 0 Å². The Kier molecular flexibility index (Phi) is 7.39. The molecule has 0 saturated heterocycles. The van der Waals surface area contributed by atoms with E-state index in [-0.39, 0.29) is 11.8 Å². The van der Waals surface area contributed by atoms with Gasteiger partial charge >= 0.3 is 0 Å². The highest BCUT2D eigenvalue weighted by Crippen LogP contribution is 2.06. The van der Waals surface area contributed by atoms with Crippen molar-refractivity contribution in [1.82, 2.24) is 10.2 Å². The third kappa shape index (κ3) is 5.78. The van der Waals surface area contributed by atoms with Crippen LogP contribution in [0.15, 0.2) is 0 Å². The van der Waals surface area contributed by atoms with E-state index in [0.717, 1.165) is 26.1 Å². The summed E-state index contributed by atoms with van der Waals surface area (Å²) >= 11 is 0. The molecule has 15 heavy (non-hydrogen) atoms. The molecule has 0 aromatic carbocycles. The lowest BCUT2D eigenvalue weighted by Crippen LogP contribution is -2.38. The molecule has 3 nitrogen and oxygen atoms in total. The third-order valence-electron chi connectivity index (χ3n) is 2.78. The topological polar surface area (TPSA) is 32.3 Å². The lowest BCUT2D eigenvalue weighted by molar-refractivity contribution is -0.134. The second-order valence-electron chi connectivity index (χ2n) is 4.44. The van der Waals surface area contributed by atoms with Crippen LogP contribution in [0.2, 0.25) is 0 Å². The quantitative estimate of drug-likeness (QED) is 0.700. The molecule has 2 unspecified atom stereocenters. The first-order chi connectivity index (χ1) is 7.02. The van der Waals surface area contributed by atoms with Crippen molar-refractivity contribution in [3.05, 3.63) is 0 Å². The van der Waals surface area contributed by atoms with E-state index in [1.165, 1.54) is 0 Å². The number of hydrogen-bond acceptors (Lipinski definition) is 2. The molecule has 0 spiro atoms. The Labute approximate surface area is 94.2 Å². The summed E-state index contributed by atoms with van der Waals surface area (Å²) in [6, 6.07) is 0. The molecule has 0 aliphatic heterocycles. The predicted molar refractivity (Wildman–Crippen MR) is 64.8 cm³/mol. The number of nitrogens with zero attached hydrogens (tertiary/aromatic N) is 1. The van der Waals surface area contributed by atoms with Gasteiger partial charge in [0.15, 0.2) is 0 Å². The smallest absolute Gasteiger partial charge is 0.226 e. The van der Waals surface area contributed by atoms with Gasteiger partial charge in [-0.25, -0.2) is 0 Å². The highest BCUT2D eigenvalue weighted by Gasteiger charge is 2.17. The maximum absolute atomic E-state index is 11.9. The number of nitrogens with one attached hydrogen (secondary N) is 1. The molecule has 0 rings (SSSR count). The zero-order valence-corrected chi connectivity index (χ0v) is 10.8. The van der Waals surface area contributed by atoms with Crippen molar-refractivity contribution >= 4 is 5.91 Å². The van der Waals surface area contributed by atoms with E-state index in [4.69, 9.17) is 0 Å². The SMILES string of the molecule is CCNCC(C)C(=O)N(C)CC(C)CC. The number of hydrogen-bond donors (Lipinski definition) is 1. The van der Waals surface area contributed by atoms with Crippen molar-refractivity contribution in [1.29, 1.82) is 0 Å². The normalized spacial score (nSPS) is 14.7. The van der Waals surface area contributed by atoms with Crippen LogP contribution >= 0.6 is 0 Å². The molecule has 90 valence electrons. The van der Waals surface area contributed by atoms with E-state index in [1.807, 2.05) is 18.9 Å². The summed E-state index contributed by atoms with van der Waals surface area (Å²) in [5.74, 6) is 0.917. The summed E-state index contributed by atoms with van der Waals surface area (Å²) in [4.78, 5) is 13.7. The molecular weight excluding hydrogens is 188 g/mol. The summed E-state index contributed by atoms with van der Waals surface area (Å²) < 4.78 is 0. The molecule has 1 amide bonds. The van der Waals surface area contributed by atoms with Gasteiger partial charge in [0.25, 0.3) is 0 Å². The van der Waals surface area contributed by atoms with Gasteiger partial charge in [0.2, 0.25) is 5.91 Å². The van der Waals surface area contributed by atoms with E-state index >= 15 is 0 Å². The van der Waals surface area contributed by atoms with Crippen LogP contribution in [0.5, 0.6) is 0 Å². The fraction of sp³-hybridized carbons (Fsp3) is 0.917. The molecule has 0 aromatic heterocycles. The van der Waals surface area contributed by atoms with Gasteiger partial charge in [0.1, 0.15) is 0 Å². The van der Waals surface area contributed by atoms with Crippen molar-refractivity contribution in [2.75, 3.05) is 26.7 Å². The second-order valence-corrected chi connectivity index (χ2v) is 4.44. The van der Waals surface area contributed by atoms with Crippen LogP contribution in [0.3, 0.4) is 0 Å². The van der Waals surface area contributed by atoms with E-state index in [2.05, 4.69) is 26.1 Å². The molecule has 0 fully saturated rings. The van der Waals surface area contributed by atoms with Gasteiger partial charge in [0, 0.05) is 26.1 Å². The summed E-state index contributed by atoms with van der Waals surface area (Å²) in [5.41, 5.74) is 0. The number of rotatable bonds is 7. The average Bonchev–Trinajstić information content (AvgIpc) is 2.24. The molecule has 0 heterocycles. The minimum Gasteiger partial charge on any atom is -0.345 e. The van der Waals surface area contributed by atoms with Crippen LogP contribution in [0.25, 0.3) is 0 Å². The zero-order chi connectivity index (χ0) is 11.8. The molecule has 0 radical (unpaired) electrons. The molecule has 0 bridgehead atoms. The summed E-state index contributed by atoms with van der Waals surface area (Å²) in [7, 11) is 1.90. The van der Waals surface area contributed by atoms with Crippen LogP contribution in [0.1, 0.15) is 34.1 Å². The number of carbonyl (C=O) groups excluding carboxylic acids is 1. The second kappa shape index (κ2) is 7.69. The Morgan fingerprint density at radius 1 is 1.33 bits per heavy atom. The third-order valence-corrected chi connectivity index (χ3v) is 2.78. The minimum absolute atomic E-state index is 0.0824. The van der Waals surface area contributed by atoms with Crippen LogP contribution in [-0.4, -0.2) is 37.5 Å². The van der Waals surface area contributed by atoms with Crippen LogP contribution < -0.4 is 5.32 Å². The molecular formula is C12H26N2O. The van der Waals surface area contributed by atoms with Gasteiger partial charge in [-0.05, 0) is 12.5 Å².